The number of thioether (sulfide) groups is 1. The van der Waals surface area contributed by atoms with Gasteiger partial charge in [0.05, 0.1) is 12.5 Å². The number of esters is 2. The van der Waals surface area contributed by atoms with Crippen LogP contribution >= 0.6 is 11.8 Å². The number of carbonyl (C=O) groups is 2. The zero-order valence-corrected chi connectivity index (χ0v) is 34.0. The molecule has 0 saturated heterocycles. The summed E-state index contributed by atoms with van der Waals surface area (Å²) >= 11 is 2.00. The maximum Gasteiger partial charge on any atom is 0.308 e. The molecular formula is C44H84O4S. The quantitative estimate of drug-likeness (QED) is 0.0373. The van der Waals surface area contributed by atoms with Crippen LogP contribution < -0.4 is 0 Å². The Kier molecular flexibility index (Phi) is 33.7. The molecular weight excluding hydrogens is 625 g/mol. The highest BCUT2D eigenvalue weighted by Gasteiger charge is 2.21. The summed E-state index contributed by atoms with van der Waals surface area (Å²) < 4.78 is 11.8. The highest BCUT2D eigenvalue weighted by atomic mass is 32.2. The molecule has 0 bridgehead atoms. The fourth-order valence-electron chi connectivity index (χ4n) is 7.43. The maximum absolute atomic E-state index is 12.8. The van der Waals surface area contributed by atoms with Crippen molar-refractivity contribution in [1.29, 1.82) is 0 Å². The van der Waals surface area contributed by atoms with E-state index in [-0.39, 0.29) is 24.0 Å². The van der Waals surface area contributed by atoms with Crippen molar-refractivity contribution in [2.24, 2.45) is 11.8 Å². The topological polar surface area (TPSA) is 52.6 Å². The first kappa shape index (κ1) is 46.3. The first-order valence-electron chi connectivity index (χ1n) is 22.0. The third-order valence-corrected chi connectivity index (χ3v) is 11.9. The lowest BCUT2D eigenvalue weighted by Crippen LogP contribution is -2.22. The molecule has 49 heavy (non-hydrogen) atoms. The van der Waals surface area contributed by atoms with Gasteiger partial charge >= 0.3 is 11.9 Å². The van der Waals surface area contributed by atoms with Gasteiger partial charge in [0.2, 0.25) is 0 Å². The van der Waals surface area contributed by atoms with Crippen molar-refractivity contribution in [3.05, 3.63) is 0 Å². The van der Waals surface area contributed by atoms with E-state index in [4.69, 9.17) is 9.47 Å². The van der Waals surface area contributed by atoms with Gasteiger partial charge in [-0.25, -0.2) is 0 Å². The summed E-state index contributed by atoms with van der Waals surface area (Å²) in [4.78, 5) is 25.6. The molecule has 0 N–H and O–H groups in total. The van der Waals surface area contributed by atoms with Gasteiger partial charge < -0.3 is 9.47 Å². The van der Waals surface area contributed by atoms with Crippen molar-refractivity contribution in [2.75, 3.05) is 18.1 Å². The van der Waals surface area contributed by atoms with Crippen LogP contribution in [0.25, 0.3) is 0 Å². The van der Waals surface area contributed by atoms with Crippen LogP contribution in [0.5, 0.6) is 0 Å². The van der Waals surface area contributed by atoms with E-state index in [9.17, 15) is 9.59 Å². The number of unbranched alkanes of at least 4 members (excludes halogenated alkanes) is 19. The molecule has 2 unspecified atom stereocenters. The molecule has 0 aromatic heterocycles. The van der Waals surface area contributed by atoms with Gasteiger partial charge in [-0.15, -0.1) is 0 Å². The fraction of sp³-hybridized carbons (Fsp3) is 0.955. The Morgan fingerprint density at radius 1 is 0.571 bits per heavy atom. The van der Waals surface area contributed by atoms with E-state index in [0.717, 1.165) is 31.4 Å². The summed E-state index contributed by atoms with van der Waals surface area (Å²) in [5, 5.41) is 0. The van der Waals surface area contributed by atoms with Crippen LogP contribution in [0.15, 0.2) is 0 Å². The second kappa shape index (κ2) is 35.7. The van der Waals surface area contributed by atoms with E-state index in [0.29, 0.717) is 18.9 Å². The summed E-state index contributed by atoms with van der Waals surface area (Å²) in [6.45, 7) is 7.37. The highest BCUT2D eigenvalue weighted by Crippen LogP contribution is 2.27. The van der Waals surface area contributed by atoms with Gasteiger partial charge in [-0.3, -0.25) is 9.59 Å². The molecule has 0 radical (unpaired) electrons. The van der Waals surface area contributed by atoms with Crippen LogP contribution in [0.3, 0.4) is 0 Å². The minimum atomic E-state index is 0.0645. The Balaban J connectivity index is 2.10. The van der Waals surface area contributed by atoms with Crippen molar-refractivity contribution in [3.63, 3.8) is 0 Å². The van der Waals surface area contributed by atoms with Crippen molar-refractivity contribution < 1.29 is 19.1 Å². The van der Waals surface area contributed by atoms with Crippen LogP contribution in [0.4, 0.5) is 0 Å². The van der Waals surface area contributed by atoms with Gasteiger partial charge in [0.1, 0.15) is 6.10 Å². The van der Waals surface area contributed by atoms with Gasteiger partial charge in [-0.05, 0) is 63.0 Å². The molecule has 0 amide bonds. The smallest absolute Gasteiger partial charge is 0.308 e. The maximum atomic E-state index is 12.8. The van der Waals surface area contributed by atoms with Crippen molar-refractivity contribution in [1.82, 2.24) is 0 Å². The van der Waals surface area contributed by atoms with Crippen LogP contribution in [0.1, 0.15) is 233 Å². The van der Waals surface area contributed by atoms with E-state index in [1.807, 2.05) is 11.8 Å². The Morgan fingerprint density at radius 2 is 1.04 bits per heavy atom. The third-order valence-electron chi connectivity index (χ3n) is 10.7. The molecule has 0 aliphatic heterocycles. The summed E-state index contributed by atoms with van der Waals surface area (Å²) in [5.41, 5.74) is 0. The first-order valence-corrected chi connectivity index (χ1v) is 23.2. The van der Waals surface area contributed by atoms with Gasteiger partial charge in [-0.1, -0.05) is 175 Å². The summed E-state index contributed by atoms with van der Waals surface area (Å²) in [7, 11) is 0. The second-order valence-corrected chi connectivity index (χ2v) is 16.7. The molecule has 0 aromatic carbocycles. The predicted octanol–water partition coefficient (Wildman–Crippen LogP) is 14.4. The Hall–Kier alpha value is -0.710. The summed E-state index contributed by atoms with van der Waals surface area (Å²) in [6, 6.07) is 0. The zero-order valence-electron chi connectivity index (χ0n) is 33.2. The molecule has 4 nitrogen and oxygen atoms in total. The average Bonchev–Trinajstić information content (AvgIpc) is 3.37. The number of hydrogen-bond acceptors (Lipinski definition) is 5. The molecule has 2 atom stereocenters. The van der Waals surface area contributed by atoms with Gasteiger partial charge in [0, 0.05) is 12.2 Å². The fourth-order valence-corrected chi connectivity index (χ4v) is 8.50. The first-order chi connectivity index (χ1) is 24.1. The summed E-state index contributed by atoms with van der Waals surface area (Å²) in [5.74, 6) is 2.97. The Morgan fingerprint density at radius 3 is 1.61 bits per heavy atom. The number of rotatable bonds is 35. The number of carbonyl (C=O) groups excluding carboxylic acids is 2. The van der Waals surface area contributed by atoms with Gasteiger partial charge in [0.25, 0.3) is 0 Å². The van der Waals surface area contributed by atoms with Crippen LogP contribution in [0, 0.1) is 11.8 Å². The van der Waals surface area contributed by atoms with Crippen LogP contribution in [-0.2, 0) is 19.1 Å². The normalized spacial score (nSPS) is 15.2. The van der Waals surface area contributed by atoms with E-state index < -0.39 is 0 Å². The van der Waals surface area contributed by atoms with E-state index in [1.54, 1.807) is 0 Å². The second-order valence-electron chi connectivity index (χ2n) is 15.6. The summed E-state index contributed by atoms with van der Waals surface area (Å²) in [6.07, 6.45) is 40.4. The molecule has 1 rings (SSSR count). The molecule has 0 heterocycles. The SMILES string of the molecule is CCCCCCCCC(CCCCCC)C(=O)OCCCCCCCCCCCSCC(CCCCCC)OC(=O)CC1CCCCCC1. The monoisotopic (exact) mass is 709 g/mol. The minimum absolute atomic E-state index is 0.0645. The zero-order chi connectivity index (χ0) is 35.5. The van der Waals surface area contributed by atoms with Gasteiger partial charge in [-0.2, -0.15) is 11.8 Å². The van der Waals surface area contributed by atoms with Crippen molar-refractivity contribution >= 4 is 23.7 Å². The van der Waals surface area contributed by atoms with Crippen molar-refractivity contribution in [3.8, 4) is 0 Å². The average molecular weight is 709 g/mol. The minimum Gasteiger partial charge on any atom is -0.465 e. The largest absolute Gasteiger partial charge is 0.465 e. The van der Waals surface area contributed by atoms with Crippen LogP contribution in [-0.4, -0.2) is 36.2 Å². The van der Waals surface area contributed by atoms with Gasteiger partial charge in [0.15, 0.2) is 0 Å². The lowest BCUT2D eigenvalue weighted by molar-refractivity contribution is -0.150. The van der Waals surface area contributed by atoms with E-state index >= 15 is 0 Å². The third kappa shape index (κ3) is 29.6. The molecule has 1 aliphatic carbocycles. The van der Waals surface area contributed by atoms with E-state index in [1.165, 1.54) is 186 Å². The Labute approximate surface area is 310 Å². The van der Waals surface area contributed by atoms with E-state index in [2.05, 4.69) is 20.8 Å². The highest BCUT2D eigenvalue weighted by molar-refractivity contribution is 7.99. The Bertz CT molecular complexity index is 720. The van der Waals surface area contributed by atoms with Crippen molar-refractivity contribution in [2.45, 2.75) is 239 Å². The number of hydrogen-bond donors (Lipinski definition) is 0. The molecule has 1 saturated carbocycles. The molecule has 290 valence electrons. The molecule has 5 heteroatoms. The van der Waals surface area contributed by atoms with Crippen LogP contribution in [0.2, 0.25) is 0 Å². The predicted molar refractivity (Wildman–Crippen MR) is 215 cm³/mol. The lowest BCUT2D eigenvalue weighted by atomic mass is 9.94. The number of ether oxygens (including phenoxy) is 2. The molecule has 0 spiro atoms. The molecule has 1 fully saturated rings. The molecule has 0 aromatic rings. The lowest BCUT2D eigenvalue weighted by Gasteiger charge is -2.20. The standard InChI is InChI=1S/C44H84O4S/c1-4-7-10-13-19-27-34-41(33-26-11-8-5-2)44(46)47-36-29-22-17-15-14-16-18-23-30-37-49-39-42(35-28-12-9-6-3)48-43(45)38-40-31-24-20-21-25-32-40/h40-42H,4-39H2,1-3H3. The molecule has 1 aliphatic rings.